The predicted octanol–water partition coefficient (Wildman–Crippen LogP) is 0.437. The number of carbonyl (C=O) groups excluding carboxylic acids is 1. The van der Waals surface area contributed by atoms with Crippen LogP contribution in [0.15, 0.2) is 0 Å². The van der Waals surface area contributed by atoms with E-state index in [9.17, 15) is 9.59 Å². The molecule has 1 amide bonds. The number of nitrogens with zero attached hydrogens (tertiary/aromatic N) is 1. The molecule has 2 aliphatic rings. The molecule has 2 unspecified atom stereocenters. The van der Waals surface area contributed by atoms with Gasteiger partial charge in [-0.1, -0.05) is 0 Å². The number of rotatable bonds is 2. The van der Waals surface area contributed by atoms with E-state index in [0.717, 1.165) is 25.7 Å². The van der Waals surface area contributed by atoms with Crippen molar-refractivity contribution in [2.75, 3.05) is 13.1 Å². The summed E-state index contributed by atoms with van der Waals surface area (Å²) >= 11 is 0. The summed E-state index contributed by atoms with van der Waals surface area (Å²) in [7, 11) is 0. The molecule has 0 radical (unpaired) electrons. The highest BCUT2D eigenvalue weighted by molar-refractivity contribution is 5.80. The minimum atomic E-state index is -0.786. The van der Waals surface area contributed by atoms with Crippen molar-refractivity contribution in [3.8, 4) is 0 Å². The van der Waals surface area contributed by atoms with E-state index in [1.54, 1.807) is 4.90 Å². The molecule has 0 aromatic rings. The van der Waals surface area contributed by atoms with Gasteiger partial charge in [0.05, 0.1) is 5.92 Å². The van der Waals surface area contributed by atoms with Crippen molar-refractivity contribution in [3.63, 3.8) is 0 Å². The number of likely N-dealkylation sites (tertiary alicyclic amines) is 1. The molecule has 96 valence electrons. The summed E-state index contributed by atoms with van der Waals surface area (Å²) < 4.78 is 0. The first-order valence-electron chi connectivity index (χ1n) is 6.35. The Morgan fingerprint density at radius 3 is 2.53 bits per heavy atom. The second-order valence-corrected chi connectivity index (χ2v) is 5.23. The van der Waals surface area contributed by atoms with Gasteiger partial charge in [0.15, 0.2) is 0 Å². The maximum Gasteiger partial charge on any atom is 0.308 e. The standard InChI is InChI=1S/C12H20N2O3/c13-10-4-3-8(6-10)11(15)14-5-1-2-9(7-14)12(16)17/h8-10H,1-7,13H2,(H,16,17)/t8?,9-,10?/m0/s1. The third kappa shape index (κ3) is 2.77. The van der Waals surface area contributed by atoms with Crippen LogP contribution in [0.4, 0.5) is 0 Å². The van der Waals surface area contributed by atoms with E-state index in [-0.39, 0.29) is 23.8 Å². The second-order valence-electron chi connectivity index (χ2n) is 5.23. The minimum absolute atomic E-state index is 0.0255. The van der Waals surface area contributed by atoms with E-state index in [2.05, 4.69) is 0 Å². The van der Waals surface area contributed by atoms with E-state index in [1.807, 2.05) is 0 Å². The number of aliphatic carboxylic acids is 1. The van der Waals surface area contributed by atoms with Crippen molar-refractivity contribution in [1.29, 1.82) is 0 Å². The third-order valence-electron chi connectivity index (χ3n) is 3.90. The summed E-state index contributed by atoms with van der Waals surface area (Å²) in [4.78, 5) is 24.9. The summed E-state index contributed by atoms with van der Waals surface area (Å²) in [5.41, 5.74) is 5.80. The fourth-order valence-corrected chi connectivity index (χ4v) is 2.88. The van der Waals surface area contributed by atoms with Gasteiger partial charge < -0.3 is 15.7 Å². The number of hydrogen-bond acceptors (Lipinski definition) is 3. The van der Waals surface area contributed by atoms with Crippen LogP contribution in [-0.2, 0) is 9.59 Å². The van der Waals surface area contributed by atoms with Crippen LogP contribution < -0.4 is 5.73 Å². The Labute approximate surface area is 101 Å². The van der Waals surface area contributed by atoms with Crippen LogP contribution in [0.2, 0.25) is 0 Å². The van der Waals surface area contributed by atoms with Crippen LogP contribution in [0.25, 0.3) is 0 Å². The monoisotopic (exact) mass is 240 g/mol. The molecule has 0 bridgehead atoms. The molecule has 2 rings (SSSR count). The summed E-state index contributed by atoms with van der Waals surface area (Å²) in [6.45, 7) is 1.08. The minimum Gasteiger partial charge on any atom is -0.481 e. The number of amides is 1. The zero-order valence-electron chi connectivity index (χ0n) is 9.97. The molecule has 1 heterocycles. The Hall–Kier alpha value is -1.10. The van der Waals surface area contributed by atoms with Gasteiger partial charge in [0, 0.05) is 25.0 Å². The van der Waals surface area contributed by atoms with Crippen molar-refractivity contribution in [1.82, 2.24) is 4.90 Å². The van der Waals surface area contributed by atoms with E-state index in [4.69, 9.17) is 10.8 Å². The molecule has 3 N–H and O–H groups in total. The van der Waals surface area contributed by atoms with Crippen molar-refractivity contribution >= 4 is 11.9 Å². The number of carboxylic acids is 1. The van der Waals surface area contributed by atoms with Crippen LogP contribution in [0.3, 0.4) is 0 Å². The summed E-state index contributed by atoms with van der Waals surface area (Å²) in [5.74, 6) is -1.03. The highest BCUT2D eigenvalue weighted by Gasteiger charge is 2.34. The fraction of sp³-hybridized carbons (Fsp3) is 0.833. The van der Waals surface area contributed by atoms with Crippen LogP contribution >= 0.6 is 0 Å². The molecule has 0 aromatic carbocycles. The number of nitrogens with two attached hydrogens (primary N) is 1. The normalized spacial score (nSPS) is 33.7. The Morgan fingerprint density at radius 1 is 1.18 bits per heavy atom. The van der Waals surface area contributed by atoms with Crippen molar-refractivity contribution < 1.29 is 14.7 Å². The van der Waals surface area contributed by atoms with Gasteiger partial charge in [0.2, 0.25) is 5.91 Å². The average molecular weight is 240 g/mol. The third-order valence-corrected chi connectivity index (χ3v) is 3.90. The highest BCUT2D eigenvalue weighted by atomic mass is 16.4. The van der Waals surface area contributed by atoms with Crippen LogP contribution in [0.5, 0.6) is 0 Å². The maximum absolute atomic E-state index is 12.2. The molecule has 0 spiro atoms. The zero-order chi connectivity index (χ0) is 12.4. The topological polar surface area (TPSA) is 83.6 Å². The number of carbonyl (C=O) groups is 2. The molecular weight excluding hydrogens is 220 g/mol. The second kappa shape index (κ2) is 5.04. The number of hydrogen-bond donors (Lipinski definition) is 2. The lowest BCUT2D eigenvalue weighted by molar-refractivity contribution is -0.146. The van der Waals surface area contributed by atoms with Gasteiger partial charge >= 0.3 is 5.97 Å². The molecule has 5 heteroatoms. The van der Waals surface area contributed by atoms with Crippen LogP contribution in [0, 0.1) is 11.8 Å². The molecule has 0 aromatic heterocycles. The summed E-state index contributed by atoms with van der Waals surface area (Å²) in [5, 5.41) is 8.99. The molecule has 1 saturated heterocycles. The van der Waals surface area contributed by atoms with Crippen molar-refractivity contribution in [2.45, 2.75) is 38.1 Å². The lowest BCUT2D eigenvalue weighted by Gasteiger charge is -2.32. The highest BCUT2D eigenvalue weighted by Crippen LogP contribution is 2.28. The smallest absolute Gasteiger partial charge is 0.308 e. The molecular formula is C12H20N2O3. The molecule has 5 nitrogen and oxygen atoms in total. The van der Waals surface area contributed by atoms with Gasteiger partial charge in [0.25, 0.3) is 0 Å². The Morgan fingerprint density at radius 2 is 1.94 bits per heavy atom. The first-order chi connectivity index (χ1) is 8.08. The largest absolute Gasteiger partial charge is 0.481 e. The molecule has 1 aliphatic heterocycles. The lowest BCUT2D eigenvalue weighted by Crippen LogP contribution is -2.44. The maximum atomic E-state index is 12.2. The number of piperidine rings is 1. The van der Waals surface area contributed by atoms with Gasteiger partial charge in [-0.25, -0.2) is 0 Å². The van der Waals surface area contributed by atoms with E-state index in [1.165, 1.54) is 0 Å². The SMILES string of the molecule is NC1CCC(C(=O)N2CCC[C@H](C(=O)O)C2)C1. The number of carboxylic acid groups (broad SMARTS) is 1. The Bertz CT molecular complexity index is 319. The molecule has 2 fully saturated rings. The van der Waals surface area contributed by atoms with Gasteiger partial charge in [-0.3, -0.25) is 9.59 Å². The summed E-state index contributed by atoms with van der Waals surface area (Å²) in [6, 6.07) is 0.143. The molecule has 1 saturated carbocycles. The molecule has 17 heavy (non-hydrogen) atoms. The van der Waals surface area contributed by atoms with E-state index >= 15 is 0 Å². The van der Waals surface area contributed by atoms with Crippen LogP contribution in [-0.4, -0.2) is 41.0 Å². The van der Waals surface area contributed by atoms with Gasteiger partial charge in [-0.2, -0.15) is 0 Å². The van der Waals surface area contributed by atoms with Crippen molar-refractivity contribution in [3.05, 3.63) is 0 Å². The van der Waals surface area contributed by atoms with Gasteiger partial charge in [0.1, 0.15) is 0 Å². The average Bonchev–Trinajstić information content (AvgIpc) is 2.75. The van der Waals surface area contributed by atoms with Gasteiger partial charge in [-0.15, -0.1) is 0 Å². The van der Waals surface area contributed by atoms with Crippen LogP contribution in [0.1, 0.15) is 32.1 Å². The molecule has 1 aliphatic carbocycles. The lowest BCUT2D eigenvalue weighted by atomic mass is 9.96. The summed E-state index contributed by atoms with van der Waals surface area (Å²) in [6.07, 6.45) is 4.00. The Balaban J connectivity index is 1.93. The Kier molecular flexibility index (Phi) is 3.66. The quantitative estimate of drug-likeness (QED) is 0.733. The first kappa shape index (κ1) is 12.4. The zero-order valence-corrected chi connectivity index (χ0v) is 9.97. The first-order valence-corrected chi connectivity index (χ1v) is 6.35. The fourth-order valence-electron chi connectivity index (χ4n) is 2.88. The predicted molar refractivity (Wildman–Crippen MR) is 62.3 cm³/mol. The van der Waals surface area contributed by atoms with E-state index < -0.39 is 5.97 Å². The van der Waals surface area contributed by atoms with Gasteiger partial charge in [-0.05, 0) is 32.1 Å². The van der Waals surface area contributed by atoms with Crippen molar-refractivity contribution in [2.24, 2.45) is 17.6 Å². The molecule has 3 atom stereocenters. The van der Waals surface area contributed by atoms with E-state index in [0.29, 0.717) is 19.5 Å².